The highest BCUT2D eigenvalue weighted by Crippen LogP contribution is 2.23. The van der Waals surface area contributed by atoms with Crippen molar-refractivity contribution in [3.63, 3.8) is 0 Å². The summed E-state index contributed by atoms with van der Waals surface area (Å²) in [7, 11) is 0. The Labute approximate surface area is 222 Å². The first-order chi connectivity index (χ1) is 17.1. The fourth-order valence-corrected chi connectivity index (χ4v) is 5.71. The highest BCUT2D eigenvalue weighted by Gasteiger charge is 2.10. The van der Waals surface area contributed by atoms with E-state index in [1.807, 2.05) is 0 Å². The summed E-state index contributed by atoms with van der Waals surface area (Å²) >= 11 is 0. The standard InChI is InChI=1S/C36H50/c1-9-10-29-16-31(12-26(4)5)19-34(17-29)23-36-21-32(13-27(6)7)20-35(24-36)22-33-15-28(8)14-30(18-33)11-25(2)3/h14-21,24-27H,9-13,22-23H2,1-8H3. The summed E-state index contributed by atoms with van der Waals surface area (Å²) in [4.78, 5) is 0. The average molecular weight is 483 g/mol. The minimum absolute atomic E-state index is 0.662. The van der Waals surface area contributed by atoms with E-state index in [-0.39, 0.29) is 0 Å². The lowest BCUT2D eigenvalue weighted by Gasteiger charge is -2.15. The Morgan fingerprint density at radius 2 is 0.750 bits per heavy atom. The van der Waals surface area contributed by atoms with Crippen molar-refractivity contribution in [2.45, 2.75) is 100 Å². The van der Waals surface area contributed by atoms with Crippen LogP contribution in [-0.2, 0) is 38.5 Å². The van der Waals surface area contributed by atoms with Crippen LogP contribution >= 0.6 is 0 Å². The summed E-state index contributed by atoms with van der Waals surface area (Å²) in [5.41, 5.74) is 13.2. The third-order valence-electron chi connectivity index (χ3n) is 6.71. The largest absolute Gasteiger partial charge is 0.0651 e. The van der Waals surface area contributed by atoms with Crippen molar-refractivity contribution < 1.29 is 0 Å². The molecule has 0 N–H and O–H groups in total. The molecule has 0 heterocycles. The SMILES string of the molecule is CCCc1cc(Cc2cc(Cc3cc(C)cc(CC(C)C)c3)cc(CC(C)C)c2)cc(CC(C)C)c1. The van der Waals surface area contributed by atoms with Crippen molar-refractivity contribution in [2.75, 3.05) is 0 Å². The van der Waals surface area contributed by atoms with Crippen LogP contribution in [0.15, 0.2) is 54.6 Å². The Balaban J connectivity index is 1.94. The van der Waals surface area contributed by atoms with Gasteiger partial charge in [0.2, 0.25) is 0 Å². The molecule has 0 aromatic heterocycles. The van der Waals surface area contributed by atoms with Gasteiger partial charge in [0.1, 0.15) is 0 Å². The van der Waals surface area contributed by atoms with Crippen LogP contribution in [0.3, 0.4) is 0 Å². The van der Waals surface area contributed by atoms with Gasteiger partial charge in [-0.15, -0.1) is 0 Å². The van der Waals surface area contributed by atoms with Gasteiger partial charge in [0.25, 0.3) is 0 Å². The van der Waals surface area contributed by atoms with Gasteiger partial charge in [-0.3, -0.25) is 0 Å². The summed E-state index contributed by atoms with van der Waals surface area (Å²) in [6.07, 6.45) is 7.86. The molecule has 0 saturated carbocycles. The van der Waals surface area contributed by atoms with Gasteiger partial charge in [0.05, 0.1) is 0 Å². The molecule has 3 aromatic rings. The third-order valence-corrected chi connectivity index (χ3v) is 6.71. The van der Waals surface area contributed by atoms with Crippen LogP contribution in [0.2, 0.25) is 0 Å². The van der Waals surface area contributed by atoms with Gasteiger partial charge in [-0.05, 0) is 108 Å². The number of hydrogen-bond acceptors (Lipinski definition) is 0. The Morgan fingerprint density at radius 3 is 1.17 bits per heavy atom. The highest BCUT2D eigenvalue weighted by atomic mass is 14.1. The molecular formula is C36H50. The molecule has 194 valence electrons. The molecule has 0 aliphatic heterocycles. The fourth-order valence-electron chi connectivity index (χ4n) is 5.71. The van der Waals surface area contributed by atoms with E-state index >= 15 is 0 Å². The molecule has 0 aliphatic rings. The maximum atomic E-state index is 2.48. The van der Waals surface area contributed by atoms with E-state index in [0.29, 0.717) is 17.8 Å². The van der Waals surface area contributed by atoms with Crippen LogP contribution in [0.1, 0.15) is 105 Å². The molecule has 0 saturated heterocycles. The number of benzene rings is 3. The Morgan fingerprint density at radius 1 is 0.444 bits per heavy atom. The lowest BCUT2D eigenvalue weighted by molar-refractivity contribution is 0.645. The van der Waals surface area contributed by atoms with E-state index < -0.39 is 0 Å². The molecule has 0 bridgehead atoms. The van der Waals surface area contributed by atoms with Crippen LogP contribution in [0.25, 0.3) is 0 Å². The molecule has 3 aromatic carbocycles. The predicted molar refractivity (Wildman–Crippen MR) is 159 cm³/mol. The van der Waals surface area contributed by atoms with Crippen LogP contribution in [0.4, 0.5) is 0 Å². The van der Waals surface area contributed by atoms with Crippen molar-refractivity contribution in [1.82, 2.24) is 0 Å². The van der Waals surface area contributed by atoms with Gasteiger partial charge in [0, 0.05) is 0 Å². The predicted octanol–water partition coefficient (Wildman–Crippen LogP) is 9.72. The monoisotopic (exact) mass is 482 g/mol. The van der Waals surface area contributed by atoms with Crippen LogP contribution in [-0.4, -0.2) is 0 Å². The maximum absolute atomic E-state index is 2.48. The second kappa shape index (κ2) is 13.3. The molecule has 0 nitrogen and oxygen atoms in total. The minimum atomic E-state index is 0.662. The molecule has 0 atom stereocenters. The molecule has 0 fully saturated rings. The number of rotatable bonds is 12. The van der Waals surface area contributed by atoms with Gasteiger partial charge >= 0.3 is 0 Å². The van der Waals surface area contributed by atoms with Crippen molar-refractivity contribution in [2.24, 2.45) is 17.8 Å². The first kappa shape index (κ1) is 28.2. The van der Waals surface area contributed by atoms with Crippen LogP contribution in [0.5, 0.6) is 0 Å². The summed E-state index contributed by atoms with van der Waals surface area (Å²) in [5, 5.41) is 0. The molecule has 3 rings (SSSR count). The third kappa shape index (κ3) is 9.27. The average Bonchev–Trinajstić information content (AvgIpc) is 2.71. The van der Waals surface area contributed by atoms with Crippen LogP contribution < -0.4 is 0 Å². The highest BCUT2D eigenvalue weighted by molar-refractivity contribution is 5.40. The van der Waals surface area contributed by atoms with E-state index in [1.54, 1.807) is 0 Å². The molecule has 0 unspecified atom stereocenters. The first-order valence-corrected chi connectivity index (χ1v) is 14.4. The molecule has 0 spiro atoms. The molecule has 0 aliphatic carbocycles. The van der Waals surface area contributed by atoms with E-state index in [1.165, 1.54) is 62.9 Å². The minimum Gasteiger partial charge on any atom is -0.0651 e. The lowest BCUT2D eigenvalue weighted by Crippen LogP contribution is -2.02. The molecular weight excluding hydrogens is 432 g/mol. The van der Waals surface area contributed by atoms with Crippen LogP contribution in [0, 0.1) is 24.7 Å². The Kier molecular flexibility index (Phi) is 10.4. The van der Waals surface area contributed by atoms with Gasteiger partial charge < -0.3 is 0 Å². The second-order valence-corrected chi connectivity index (χ2v) is 12.5. The zero-order chi connectivity index (χ0) is 26.2. The van der Waals surface area contributed by atoms with E-state index in [4.69, 9.17) is 0 Å². The summed E-state index contributed by atoms with van der Waals surface area (Å²) in [5.74, 6) is 2.03. The Bertz CT molecular complexity index is 1110. The van der Waals surface area contributed by atoms with E-state index in [9.17, 15) is 0 Å². The van der Waals surface area contributed by atoms with Gasteiger partial charge in [-0.25, -0.2) is 0 Å². The zero-order valence-corrected chi connectivity index (χ0v) is 24.4. The van der Waals surface area contributed by atoms with Crippen molar-refractivity contribution in [3.05, 3.63) is 105 Å². The molecule has 0 heteroatoms. The van der Waals surface area contributed by atoms with Gasteiger partial charge in [-0.1, -0.05) is 115 Å². The zero-order valence-electron chi connectivity index (χ0n) is 24.4. The van der Waals surface area contributed by atoms with Gasteiger partial charge in [0.15, 0.2) is 0 Å². The maximum Gasteiger partial charge on any atom is -0.00254 e. The molecule has 0 amide bonds. The van der Waals surface area contributed by atoms with Crippen molar-refractivity contribution >= 4 is 0 Å². The number of aryl methyl sites for hydroxylation is 2. The quantitative estimate of drug-likeness (QED) is 0.241. The van der Waals surface area contributed by atoms with Crippen molar-refractivity contribution in [3.8, 4) is 0 Å². The molecule has 0 radical (unpaired) electrons. The van der Waals surface area contributed by atoms with Crippen molar-refractivity contribution in [1.29, 1.82) is 0 Å². The smallest absolute Gasteiger partial charge is 0.00254 e. The number of hydrogen-bond donors (Lipinski definition) is 0. The lowest BCUT2D eigenvalue weighted by atomic mass is 9.90. The van der Waals surface area contributed by atoms with Gasteiger partial charge in [-0.2, -0.15) is 0 Å². The van der Waals surface area contributed by atoms with E-state index in [0.717, 1.165) is 32.1 Å². The first-order valence-electron chi connectivity index (χ1n) is 14.4. The second-order valence-electron chi connectivity index (χ2n) is 12.5. The fraction of sp³-hybridized carbons (Fsp3) is 0.500. The molecule has 36 heavy (non-hydrogen) atoms. The van der Waals surface area contributed by atoms with E-state index in [2.05, 4.69) is 110 Å². The summed E-state index contributed by atoms with van der Waals surface area (Å²) < 4.78 is 0. The summed E-state index contributed by atoms with van der Waals surface area (Å²) in [6.45, 7) is 18.5. The summed E-state index contributed by atoms with van der Waals surface area (Å²) in [6, 6.07) is 22.0. The topological polar surface area (TPSA) is 0 Å². The normalized spacial score (nSPS) is 11.8. The Hall–Kier alpha value is -2.34.